The summed E-state index contributed by atoms with van der Waals surface area (Å²) in [6.45, 7) is 11.0. The molecule has 4 heteroatoms. The maximum Gasteiger partial charge on any atom is 0.220 e. The molecule has 0 radical (unpaired) electrons. The van der Waals surface area contributed by atoms with E-state index in [9.17, 15) is 4.79 Å². The minimum Gasteiger partial charge on any atom is -0.350 e. The Bertz CT molecular complexity index is 488. The van der Waals surface area contributed by atoms with Crippen molar-refractivity contribution in [3.05, 3.63) is 34.9 Å². The molecule has 1 atom stereocenters. The van der Waals surface area contributed by atoms with Crippen molar-refractivity contribution >= 4 is 18.3 Å². The van der Waals surface area contributed by atoms with E-state index in [1.807, 2.05) is 6.92 Å². The summed E-state index contributed by atoms with van der Waals surface area (Å²) >= 11 is 0. The third-order valence-electron chi connectivity index (χ3n) is 3.87. The van der Waals surface area contributed by atoms with Gasteiger partial charge in [0.25, 0.3) is 0 Å². The van der Waals surface area contributed by atoms with Gasteiger partial charge in [-0.15, -0.1) is 12.4 Å². The molecule has 22 heavy (non-hydrogen) atoms. The van der Waals surface area contributed by atoms with Crippen LogP contribution in [0.3, 0.4) is 0 Å². The second kappa shape index (κ2) is 9.16. The van der Waals surface area contributed by atoms with Crippen molar-refractivity contribution in [1.82, 2.24) is 5.32 Å². The van der Waals surface area contributed by atoms with E-state index in [1.165, 1.54) is 16.7 Å². The molecule has 0 saturated heterocycles. The highest BCUT2D eigenvalue weighted by Gasteiger charge is 2.25. The van der Waals surface area contributed by atoms with Gasteiger partial charge in [0.2, 0.25) is 5.91 Å². The highest BCUT2D eigenvalue weighted by Crippen LogP contribution is 2.16. The molecule has 0 spiro atoms. The molecule has 0 aliphatic heterocycles. The molecule has 0 fully saturated rings. The molecule has 0 aliphatic carbocycles. The topological polar surface area (TPSA) is 55.1 Å². The average Bonchev–Trinajstić information content (AvgIpc) is 2.36. The van der Waals surface area contributed by atoms with E-state index < -0.39 is 0 Å². The number of carbonyl (C=O) groups excluding carboxylic acids is 1. The Kier molecular flexibility index (Phi) is 8.72. The predicted molar refractivity (Wildman–Crippen MR) is 96.5 cm³/mol. The second-order valence-electron chi connectivity index (χ2n) is 6.84. The van der Waals surface area contributed by atoms with Crippen molar-refractivity contribution in [2.24, 2.45) is 11.7 Å². The molecule has 0 heterocycles. The average molecular weight is 327 g/mol. The van der Waals surface area contributed by atoms with Crippen LogP contribution in [0.5, 0.6) is 0 Å². The van der Waals surface area contributed by atoms with Gasteiger partial charge in [0.1, 0.15) is 0 Å². The van der Waals surface area contributed by atoms with Gasteiger partial charge in [0.15, 0.2) is 0 Å². The highest BCUT2D eigenvalue weighted by molar-refractivity contribution is 5.85. The fraction of sp³-hybridized carbons (Fsp3) is 0.611. The van der Waals surface area contributed by atoms with Crippen molar-refractivity contribution in [1.29, 1.82) is 0 Å². The van der Waals surface area contributed by atoms with E-state index in [-0.39, 0.29) is 23.9 Å². The normalized spacial score (nSPS) is 13.4. The van der Waals surface area contributed by atoms with Gasteiger partial charge >= 0.3 is 0 Å². The third kappa shape index (κ3) is 6.80. The first-order valence-corrected chi connectivity index (χ1v) is 7.83. The van der Waals surface area contributed by atoms with Crippen LogP contribution in [-0.2, 0) is 11.2 Å². The molecule has 0 aliphatic rings. The number of halogens is 1. The molecule has 3 N–H and O–H groups in total. The van der Waals surface area contributed by atoms with Crippen LogP contribution in [0.15, 0.2) is 18.2 Å². The fourth-order valence-electron chi connectivity index (χ4n) is 2.86. The Morgan fingerprint density at radius 3 is 2.45 bits per heavy atom. The number of hydrogen-bond donors (Lipinski definition) is 2. The van der Waals surface area contributed by atoms with Crippen LogP contribution in [0, 0.1) is 19.8 Å². The summed E-state index contributed by atoms with van der Waals surface area (Å²) < 4.78 is 0. The van der Waals surface area contributed by atoms with Gasteiger partial charge in [0, 0.05) is 18.5 Å². The Hall–Kier alpha value is -1.06. The standard InChI is InChI=1S/C18H30N2O.ClH/c1-13(2)11-18(5,12-19)20-17(21)9-8-16-7-6-14(3)10-15(16)4;/h6-7,10,13H,8-9,11-12,19H2,1-5H3,(H,20,21);1H. The summed E-state index contributed by atoms with van der Waals surface area (Å²) in [5, 5.41) is 3.11. The molecule has 3 nitrogen and oxygen atoms in total. The molecule has 1 unspecified atom stereocenters. The summed E-state index contributed by atoms with van der Waals surface area (Å²) in [6.07, 6.45) is 2.19. The lowest BCUT2D eigenvalue weighted by Gasteiger charge is -2.31. The zero-order valence-electron chi connectivity index (χ0n) is 14.5. The van der Waals surface area contributed by atoms with Gasteiger partial charge in [-0.2, -0.15) is 0 Å². The Morgan fingerprint density at radius 1 is 1.32 bits per heavy atom. The van der Waals surface area contributed by atoms with Gasteiger partial charge in [-0.05, 0) is 50.7 Å². The number of benzene rings is 1. The van der Waals surface area contributed by atoms with E-state index in [0.29, 0.717) is 18.9 Å². The minimum absolute atomic E-state index is 0. The molecule has 1 aromatic carbocycles. The molecular weight excluding hydrogens is 296 g/mol. The maximum atomic E-state index is 12.2. The SMILES string of the molecule is Cc1ccc(CCC(=O)NC(C)(CN)CC(C)C)c(C)c1.Cl. The molecule has 1 amide bonds. The number of rotatable bonds is 7. The summed E-state index contributed by atoms with van der Waals surface area (Å²) in [6, 6.07) is 6.38. The van der Waals surface area contributed by atoms with Crippen LogP contribution < -0.4 is 11.1 Å². The van der Waals surface area contributed by atoms with Crippen molar-refractivity contribution in [2.45, 2.75) is 59.4 Å². The number of aryl methyl sites for hydroxylation is 3. The Morgan fingerprint density at radius 2 is 1.95 bits per heavy atom. The first kappa shape index (κ1) is 20.9. The fourth-order valence-corrected chi connectivity index (χ4v) is 2.86. The van der Waals surface area contributed by atoms with Crippen LogP contribution in [0.25, 0.3) is 0 Å². The van der Waals surface area contributed by atoms with E-state index >= 15 is 0 Å². The number of nitrogens with two attached hydrogens (primary N) is 1. The van der Waals surface area contributed by atoms with Crippen LogP contribution in [-0.4, -0.2) is 18.0 Å². The zero-order valence-corrected chi connectivity index (χ0v) is 15.3. The molecular formula is C18H31ClN2O. The highest BCUT2D eigenvalue weighted by atomic mass is 35.5. The van der Waals surface area contributed by atoms with Crippen molar-refractivity contribution in [2.75, 3.05) is 6.54 Å². The molecule has 1 aromatic rings. The zero-order chi connectivity index (χ0) is 16.0. The van der Waals surface area contributed by atoms with E-state index in [1.54, 1.807) is 0 Å². The quantitative estimate of drug-likeness (QED) is 0.805. The van der Waals surface area contributed by atoms with Gasteiger partial charge in [-0.25, -0.2) is 0 Å². The van der Waals surface area contributed by atoms with Crippen LogP contribution in [0.1, 0.15) is 50.3 Å². The van der Waals surface area contributed by atoms with Crippen LogP contribution in [0.2, 0.25) is 0 Å². The lowest BCUT2D eigenvalue weighted by atomic mass is 9.90. The molecule has 0 aromatic heterocycles. The molecule has 0 saturated carbocycles. The number of nitrogens with one attached hydrogen (secondary N) is 1. The first-order chi connectivity index (χ1) is 9.75. The molecule has 1 rings (SSSR count). The number of amides is 1. The van der Waals surface area contributed by atoms with E-state index in [4.69, 9.17) is 5.73 Å². The van der Waals surface area contributed by atoms with E-state index in [2.05, 4.69) is 51.2 Å². The van der Waals surface area contributed by atoms with Crippen molar-refractivity contribution < 1.29 is 4.79 Å². The second-order valence-corrected chi connectivity index (χ2v) is 6.84. The smallest absolute Gasteiger partial charge is 0.220 e. The van der Waals surface area contributed by atoms with Gasteiger partial charge < -0.3 is 11.1 Å². The summed E-state index contributed by atoms with van der Waals surface area (Å²) in [7, 11) is 0. The number of carbonyl (C=O) groups is 1. The molecule has 126 valence electrons. The van der Waals surface area contributed by atoms with Gasteiger partial charge in [0.05, 0.1) is 0 Å². The largest absolute Gasteiger partial charge is 0.350 e. The lowest BCUT2D eigenvalue weighted by Crippen LogP contribution is -2.52. The van der Waals surface area contributed by atoms with Gasteiger partial charge in [-0.3, -0.25) is 4.79 Å². The van der Waals surface area contributed by atoms with Gasteiger partial charge in [-0.1, -0.05) is 37.6 Å². The Labute approximate surface area is 141 Å². The Balaban J connectivity index is 0.00000441. The van der Waals surface area contributed by atoms with Crippen molar-refractivity contribution in [3.8, 4) is 0 Å². The summed E-state index contributed by atoms with van der Waals surface area (Å²) in [5.41, 5.74) is 9.30. The summed E-state index contributed by atoms with van der Waals surface area (Å²) in [5.74, 6) is 0.599. The van der Waals surface area contributed by atoms with Crippen molar-refractivity contribution in [3.63, 3.8) is 0 Å². The predicted octanol–water partition coefficient (Wildman–Crippen LogP) is 3.54. The minimum atomic E-state index is -0.298. The maximum absolute atomic E-state index is 12.2. The number of hydrogen-bond acceptors (Lipinski definition) is 2. The molecule has 0 bridgehead atoms. The summed E-state index contributed by atoms with van der Waals surface area (Å²) in [4.78, 5) is 12.2. The van der Waals surface area contributed by atoms with Crippen LogP contribution >= 0.6 is 12.4 Å². The third-order valence-corrected chi connectivity index (χ3v) is 3.87. The van der Waals surface area contributed by atoms with Crippen LogP contribution in [0.4, 0.5) is 0 Å². The monoisotopic (exact) mass is 326 g/mol. The lowest BCUT2D eigenvalue weighted by molar-refractivity contribution is -0.122. The van der Waals surface area contributed by atoms with E-state index in [0.717, 1.165) is 12.8 Å². The first-order valence-electron chi connectivity index (χ1n) is 7.83.